The molecule has 0 heterocycles. The molecular formula is C13H29NO. The molecule has 15 heavy (non-hydrogen) atoms. The van der Waals surface area contributed by atoms with Crippen molar-refractivity contribution in [2.75, 3.05) is 13.2 Å². The zero-order chi connectivity index (χ0) is 11.7. The molecule has 0 aliphatic carbocycles. The Hall–Kier alpha value is -0.0800. The van der Waals surface area contributed by atoms with Crippen molar-refractivity contribution in [1.29, 1.82) is 0 Å². The zero-order valence-electron chi connectivity index (χ0n) is 11.2. The SMILES string of the molecule is CCC(C)NCC(C)OCCCC(C)C. The van der Waals surface area contributed by atoms with Gasteiger partial charge in [0.2, 0.25) is 0 Å². The van der Waals surface area contributed by atoms with Crippen molar-refractivity contribution < 1.29 is 4.74 Å². The van der Waals surface area contributed by atoms with Gasteiger partial charge < -0.3 is 10.1 Å². The molecule has 2 nitrogen and oxygen atoms in total. The van der Waals surface area contributed by atoms with Crippen molar-refractivity contribution >= 4 is 0 Å². The van der Waals surface area contributed by atoms with Crippen molar-refractivity contribution in [2.24, 2.45) is 5.92 Å². The lowest BCUT2D eigenvalue weighted by Gasteiger charge is -2.17. The summed E-state index contributed by atoms with van der Waals surface area (Å²) in [4.78, 5) is 0. The molecule has 2 atom stereocenters. The molecule has 0 rings (SSSR count). The molecule has 0 fully saturated rings. The number of hydrogen-bond donors (Lipinski definition) is 1. The number of rotatable bonds is 9. The third-order valence-corrected chi connectivity index (χ3v) is 2.69. The van der Waals surface area contributed by atoms with Gasteiger partial charge >= 0.3 is 0 Å². The predicted octanol–water partition coefficient (Wildman–Crippen LogP) is 3.22. The molecule has 0 aromatic carbocycles. The van der Waals surface area contributed by atoms with E-state index in [-0.39, 0.29) is 0 Å². The van der Waals surface area contributed by atoms with E-state index in [1.807, 2.05) is 0 Å². The van der Waals surface area contributed by atoms with Gasteiger partial charge in [-0.05, 0) is 39.0 Å². The van der Waals surface area contributed by atoms with Gasteiger partial charge in [0.05, 0.1) is 6.10 Å². The lowest BCUT2D eigenvalue weighted by atomic mass is 10.1. The lowest BCUT2D eigenvalue weighted by molar-refractivity contribution is 0.0601. The third-order valence-electron chi connectivity index (χ3n) is 2.69. The zero-order valence-corrected chi connectivity index (χ0v) is 11.2. The van der Waals surface area contributed by atoms with Gasteiger partial charge in [0.1, 0.15) is 0 Å². The summed E-state index contributed by atoms with van der Waals surface area (Å²) < 4.78 is 5.72. The van der Waals surface area contributed by atoms with Crippen LogP contribution in [0.15, 0.2) is 0 Å². The fourth-order valence-corrected chi connectivity index (χ4v) is 1.35. The number of hydrogen-bond acceptors (Lipinski definition) is 2. The Bertz CT molecular complexity index is 136. The average Bonchev–Trinajstić information content (AvgIpc) is 2.20. The maximum Gasteiger partial charge on any atom is 0.0671 e. The Kier molecular flexibility index (Phi) is 9.12. The summed E-state index contributed by atoms with van der Waals surface area (Å²) in [7, 11) is 0. The molecular weight excluding hydrogens is 186 g/mol. The second-order valence-corrected chi connectivity index (χ2v) is 4.94. The topological polar surface area (TPSA) is 21.3 Å². The molecule has 0 saturated carbocycles. The monoisotopic (exact) mass is 215 g/mol. The quantitative estimate of drug-likeness (QED) is 0.596. The van der Waals surface area contributed by atoms with Crippen molar-refractivity contribution in [2.45, 2.75) is 66.0 Å². The molecule has 0 aromatic heterocycles. The van der Waals surface area contributed by atoms with Gasteiger partial charge in [0, 0.05) is 19.2 Å². The summed E-state index contributed by atoms with van der Waals surface area (Å²) >= 11 is 0. The first-order valence-electron chi connectivity index (χ1n) is 6.41. The van der Waals surface area contributed by atoms with Gasteiger partial charge in [-0.1, -0.05) is 20.8 Å². The minimum absolute atomic E-state index is 0.339. The van der Waals surface area contributed by atoms with E-state index >= 15 is 0 Å². The predicted molar refractivity (Wildman–Crippen MR) is 67.2 cm³/mol. The van der Waals surface area contributed by atoms with Crippen LogP contribution in [-0.2, 0) is 4.74 Å². The fraction of sp³-hybridized carbons (Fsp3) is 1.00. The average molecular weight is 215 g/mol. The first-order valence-corrected chi connectivity index (χ1v) is 6.41. The highest BCUT2D eigenvalue weighted by Crippen LogP contribution is 2.04. The van der Waals surface area contributed by atoms with Gasteiger partial charge in [-0.25, -0.2) is 0 Å². The maximum atomic E-state index is 5.72. The summed E-state index contributed by atoms with van der Waals surface area (Å²) in [5, 5.41) is 3.46. The number of ether oxygens (including phenoxy) is 1. The molecule has 2 heteroatoms. The highest BCUT2D eigenvalue weighted by molar-refractivity contribution is 4.61. The second-order valence-electron chi connectivity index (χ2n) is 4.94. The van der Waals surface area contributed by atoms with Crippen LogP contribution in [0.25, 0.3) is 0 Å². The molecule has 0 radical (unpaired) electrons. The standard InChI is InChI=1S/C13H29NO/c1-6-12(4)14-10-13(5)15-9-7-8-11(2)3/h11-14H,6-10H2,1-5H3. The van der Waals surface area contributed by atoms with Gasteiger partial charge in [-0.15, -0.1) is 0 Å². The molecule has 0 aliphatic heterocycles. The molecule has 0 aromatic rings. The first kappa shape index (κ1) is 14.9. The minimum atomic E-state index is 0.339. The number of nitrogens with one attached hydrogen (secondary N) is 1. The Labute approximate surface area is 95.8 Å². The largest absolute Gasteiger partial charge is 0.377 e. The molecule has 2 unspecified atom stereocenters. The van der Waals surface area contributed by atoms with E-state index in [0.717, 1.165) is 19.1 Å². The van der Waals surface area contributed by atoms with E-state index in [4.69, 9.17) is 4.74 Å². The van der Waals surface area contributed by atoms with Crippen molar-refractivity contribution in [3.8, 4) is 0 Å². The molecule has 0 spiro atoms. The van der Waals surface area contributed by atoms with E-state index in [1.54, 1.807) is 0 Å². The van der Waals surface area contributed by atoms with Gasteiger partial charge in [0.15, 0.2) is 0 Å². The Balaban J connectivity index is 3.29. The van der Waals surface area contributed by atoms with E-state index in [9.17, 15) is 0 Å². The Morgan fingerprint density at radius 1 is 1.13 bits per heavy atom. The van der Waals surface area contributed by atoms with E-state index in [1.165, 1.54) is 19.3 Å². The molecule has 1 N–H and O–H groups in total. The van der Waals surface area contributed by atoms with E-state index in [2.05, 4.69) is 39.9 Å². The molecule has 0 saturated heterocycles. The minimum Gasteiger partial charge on any atom is -0.377 e. The Morgan fingerprint density at radius 2 is 1.80 bits per heavy atom. The van der Waals surface area contributed by atoms with Crippen molar-refractivity contribution in [3.05, 3.63) is 0 Å². The van der Waals surface area contributed by atoms with Crippen LogP contribution in [0.3, 0.4) is 0 Å². The van der Waals surface area contributed by atoms with Crippen LogP contribution >= 0.6 is 0 Å². The van der Waals surface area contributed by atoms with Crippen molar-refractivity contribution in [1.82, 2.24) is 5.32 Å². The van der Waals surface area contributed by atoms with Crippen molar-refractivity contribution in [3.63, 3.8) is 0 Å². The van der Waals surface area contributed by atoms with E-state index < -0.39 is 0 Å². The molecule has 0 bridgehead atoms. The molecule has 0 aliphatic rings. The lowest BCUT2D eigenvalue weighted by Crippen LogP contribution is -2.33. The summed E-state index contributed by atoms with van der Waals surface area (Å²) in [6, 6.07) is 0.603. The van der Waals surface area contributed by atoms with E-state index in [0.29, 0.717) is 12.1 Å². The molecule has 0 amide bonds. The second kappa shape index (κ2) is 9.17. The summed E-state index contributed by atoms with van der Waals surface area (Å²) in [6.45, 7) is 12.9. The van der Waals surface area contributed by atoms with Gasteiger partial charge in [0.25, 0.3) is 0 Å². The first-order chi connectivity index (χ1) is 7.06. The van der Waals surface area contributed by atoms with Crippen LogP contribution in [0.1, 0.15) is 53.9 Å². The third kappa shape index (κ3) is 10.2. The Morgan fingerprint density at radius 3 is 2.33 bits per heavy atom. The molecule has 92 valence electrons. The van der Waals surface area contributed by atoms with Crippen LogP contribution in [-0.4, -0.2) is 25.3 Å². The normalized spacial score (nSPS) is 15.6. The highest BCUT2D eigenvalue weighted by Gasteiger charge is 2.04. The highest BCUT2D eigenvalue weighted by atomic mass is 16.5. The van der Waals surface area contributed by atoms with Crippen LogP contribution in [0.4, 0.5) is 0 Å². The van der Waals surface area contributed by atoms with Gasteiger partial charge in [-0.3, -0.25) is 0 Å². The maximum absolute atomic E-state index is 5.72. The fourth-order valence-electron chi connectivity index (χ4n) is 1.35. The van der Waals surface area contributed by atoms with Crippen LogP contribution in [0, 0.1) is 5.92 Å². The van der Waals surface area contributed by atoms with Gasteiger partial charge in [-0.2, -0.15) is 0 Å². The summed E-state index contributed by atoms with van der Waals surface area (Å²) in [5.74, 6) is 0.794. The summed E-state index contributed by atoms with van der Waals surface area (Å²) in [5.41, 5.74) is 0. The van der Waals surface area contributed by atoms with Crippen LogP contribution in [0.5, 0.6) is 0 Å². The smallest absolute Gasteiger partial charge is 0.0671 e. The summed E-state index contributed by atoms with van der Waals surface area (Å²) in [6.07, 6.45) is 3.97. The van der Waals surface area contributed by atoms with Crippen LogP contribution < -0.4 is 5.32 Å². The van der Waals surface area contributed by atoms with Crippen LogP contribution in [0.2, 0.25) is 0 Å².